The van der Waals surface area contributed by atoms with Crippen LogP contribution in [0.1, 0.15) is 5.56 Å². The van der Waals surface area contributed by atoms with Crippen LogP contribution >= 0.6 is 11.6 Å². The van der Waals surface area contributed by atoms with Gasteiger partial charge in [0.25, 0.3) is 0 Å². The Labute approximate surface area is 106 Å². The van der Waals surface area contributed by atoms with Gasteiger partial charge < -0.3 is 10.5 Å². The third-order valence-corrected chi connectivity index (χ3v) is 3.03. The molecule has 1 unspecified atom stereocenters. The average Bonchev–Trinajstić information content (AvgIpc) is 2.33. The van der Waals surface area contributed by atoms with Crippen LogP contribution in [-0.4, -0.2) is 30.7 Å². The first-order chi connectivity index (χ1) is 8.19. The quantitative estimate of drug-likeness (QED) is 0.812. The van der Waals surface area contributed by atoms with Gasteiger partial charge in [0, 0.05) is 30.3 Å². The van der Waals surface area contributed by atoms with E-state index >= 15 is 0 Å². The summed E-state index contributed by atoms with van der Waals surface area (Å²) in [7, 11) is 0. The number of rotatable bonds is 2. The van der Waals surface area contributed by atoms with Gasteiger partial charge in [0.2, 0.25) is 0 Å². The number of benzene rings is 1. The molecular weight excluding hydrogens is 238 g/mol. The third kappa shape index (κ3) is 3.10. The normalized spacial score (nSPS) is 21.1. The molecule has 1 aromatic carbocycles. The predicted molar refractivity (Wildman–Crippen MR) is 66.5 cm³/mol. The summed E-state index contributed by atoms with van der Waals surface area (Å²) in [6.45, 7) is 2.76. The zero-order valence-electron chi connectivity index (χ0n) is 9.40. The highest BCUT2D eigenvalue weighted by Crippen LogP contribution is 2.20. The molecule has 2 N–H and O–H groups in total. The second-order valence-electron chi connectivity index (χ2n) is 4.07. The molecule has 1 heterocycles. The van der Waals surface area contributed by atoms with E-state index in [1.54, 1.807) is 6.07 Å². The maximum Gasteiger partial charge on any atom is 0.156 e. The van der Waals surface area contributed by atoms with Gasteiger partial charge in [-0.15, -0.1) is 0 Å². The van der Waals surface area contributed by atoms with Crippen molar-refractivity contribution in [3.05, 3.63) is 28.8 Å². The number of morpholine rings is 1. The summed E-state index contributed by atoms with van der Waals surface area (Å²) in [6, 6.07) is 7.63. The highest BCUT2D eigenvalue weighted by atomic mass is 35.5. The predicted octanol–water partition coefficient (Wildman–Crippen LogP) is 1.65. The number of ether oxygens (including phenoxy) is 1. The fraction of sp³-hybridized carbons (Fsp3) is 0.417. The number of nitrogens with two attached hydrogens (primary N) is 1. The standard InChI is InChI=1S/C12H14ClN3O/c13-10-2-1-9(12(15)5-10)7-16-3-4-17-11(6-14)8-16/h1-2,5,11H,3-4,7-8,15H2. The van der Waals surface area contributed by atoms with Crippen molar-refractivity contribution >= 4 is 17.3 Å². The zero-order valence-corrected chi connectivity index (χ0v) is 10.2. The minimum absolute atomic E-state index is 0.336. The molecule has 1 aromatic rings. The molecule has 17 heavy (non-hydrogen) atoms. The summed E-state index contributed by atoms with van der Waals surface area (Å²) in [5, 5.41) is 9.46. The Kier molecular flexibility index (Phi) is 3.85. The van der Waals surface area contributed by atoms with Gasteiger partial charge >= 0.3 is 0 Å². The van der Waals surface area contributed by atoms with Crippen molar-refractivity contribution in [2.45, 2.75) is 12.6 Å². The summed E-state index contributed by atoms with van der Waals surface area (Å²) in [4.78, 5) is 2.16. The van der Waals surface area contributed by atoms with E-state index in [0.717, 1.165) is 18.7 Å². The van der Waals surface area contributed by atoms with Gasteiger partial charge in [-0.3, -0.25) is 4.90 Å². The van der Waals surface area contributed by atoms with Crippen molar-refractivity contribution in [3.63, 3.8) is 0 Å². The average molecular weight is 252 g/mol. The Morgan fingerprint density at radius 3 is 3.12 bits per heavy atom. The molecule has 1 saturated heterocycles. The first kappa shape index (κ1) is 12.2. The van der Waals surface area contributed by atoms with Crippen LogP contribution in [0.4, 0.5) is 5.69 Å². The van der Waals surface area contributed by atoms with Crippen LogP contribution in [0.15, 0.2) is 18.2 Å². The molecule has 90 valence electrons. The van der Waals surface area contributed by atoms with Crippen molar-refractivity contribution in [2.75, 3.05) is 25.4 Å². The van der Waals surface area contributed by atoms with Gasteiger partial charge in [-0.2, -0.15) is 5.26 Å². The third-order valence-electron chi connectivity index (χ3n) is 2.80. The van der Waals surface area contributed by atoms with Gasteiger partial charge in [-0.05, 0) is 17.7 Å². The molecule has 0 spiro atoms. The number of anilines is 1. The highest BCUT2D eigenvalue weighted by molar-refractivity contribution is 6.30. The summed E-state index contributed by atoms with van der Waals surface area (Å²) in [5.41, 5.74) is 7.63. The smallest absolute Gasteiger partial charge is 0.156 e. The second kappa shape index (κ2) is 5.37. The van der Waals surface area contributed by atoms with Crippen molar-refractivity contribution in [2.24, 2.45) is 0 Å². The van der Waals surface area contributed by atoms with Crippen LogP contribution in [0.3, 0.4) is 0 Å². The summed E-state index contributed by atoms with van der Waals surface area (Å²) >= 11 is 5.85. The molecule has 1 fully saturated rings. The van der Waals surface area contributed by atoms with Crippen LogP contribution in [0.2, 0.25) is 5.02 Å². The van der Waals surface area contributed by atoms with Crippen LogP contribution in [0.25, 0.3) is 0 Å². The molecule has 0 bridgehead atoms. The molecule has 1 aliphatic heterocycles. The van der Waals surface area contributed by atoms with Crippen LogP contribution < -0.4 is 5.73 Å². The number of nitrogens with zero attached hydrogens (tertiary/aromatic N) is 2. The Bertz CT molecular complexity index is 444. The Hall–Kier alpha value is -1.28. The van der Waals surface area contributed by atoms with E-state index in [0.29, 0.717) is 23.9 Å². The van der Waals surface area contributed by atoms with E-state index in [9.17, 15) is 0 Å². The van der Waals surface area contributed by atoms with Crippen molar-refractivity contribution < 1.29 is 4.74 Å². The largest absolute Gasteiger partial charge is 0.398 e. The van der Waals surface area contributed by atoms with Gasteiger partial charge in [0.15, 0.2) is 6.10 Å². The summed E-state index contributed by atoms with van der Waals surface area (Å²) in [6.07, 6.45) is -0.336. The lowest BCUT2D eigenvalue weighted by Crippen LogP contribution is -2.41. The molecule has 0 radical (unpaired) electrons. The highest BCUT2D eigenvalue weighted by Gasteiger charge is 2.20. The lowest BCUT2D eigenvalue weighted by Gasteiger charge is -2.29. The molecule has 4 nitrogen and oxygen atoms in total. The minimum atomic E-state index is -0.336. The molecule has 2 rings (SSSR count). The van der Waals surface area contributed by atoms with E-state index in [1.165, 1.54) is 0 Å². The molecule has 0 saturated carbocycles. The van der Waals surface area contributed by atoms with E-state index in [2.05, 4.69) is 11.0 Å². The molecule has 5 heteroatoms. The van der Waals surface area contributed by atoms with Crippen molar-refractivity contribution in [3.8, 4) is 6.07 Å². The maximum absolute atomic E-state index is 8.82. The van der Waals surface area contributed by atoms with Gasteiger partial charge in [0.1, 0.15) is 0 Å². The van der Waals surface area contributed by atoms with E-state index in [1.807, 2.05) is 12.1 Å². The second-order valence-corrected chi connectivity index (χ2v) is 4.50. The SMILES string of the molecule is N#CC1CN(Cc2ccc(Cl)cc2N)CCO1. The zero-order chi connectivity index (χ0) is 12.3. The van der Waals surface area contributed by atoms with Crippen LogP contribution in [0, 0.1) is 11.3 Å². The Morgan fingerprint density at radius 2 is 2.41 bits per heavy atom. The minimum Gasteiger partial charge on any atom is -0.398 e. The van der Waals surface area contributed by atoms with Crippen molar-refractivity contribution in [1.29, 1.82) is 5.26 Å². The molecule has 0 amide bonds. The van der Waals surface area contributed by atoms with Crippen LogP contribution in [-0.2, 0) is 11.3 Å². The van der Waals surface area contributed by atoms with Crippen LogP contribution in [0.5, 0.6) is 0 Å². The van der Waals surface area contributed by atoms with Gasteiger partial charge in [-0.25, -0.2) is 0 Å². The lowest BCUT2D eigenvalue weighted by molar-refractivity contribution is -0.00262. The number of halogens is 1. The fourth-order valence-corrected chi connectivity index (χ4v) is 2.06. The number of nitriles is 1. The molecule has 0 aliphatic carbocycles. The monoisotopic (exact) mass is 251 g/mol. The van der Waals surface area contributed by atoms with E-state index in [-0.39, 0.29) is 6.10 Å². The molecule has 0 aromatic heterocycles. The Balaban J connectivity index is 2.03. The lowest BCUT2D eigenvalue weighted by atomic mass is 10.1. The van der Waals surface area contributed by atoms with Gasteiger partial charge in [-0.1, -0.05) is 17.7 Å². The topological polar surface area (TPSA) is 62.3 Å². The molecule has 1 atom stereocenters. The number of hydrogen-bond donors (Lipinski definition) is 1. The van der Waals surface area contributed by atoms with Gasteiger partial charge in [0.05, 0.1) is 12.7 Å². The first-order valence-electron chi connectivity index (χ1n) is 5.46. The van der Waals surface area contributed by atoms with E-state index in [4.69, 9.17) is 27.3 Å². The molecular formula is C12H14ClN3O. The number of nitrogen functional groups attached to an aromatic ring is 1. The van der Waals surface area contributed by atoms with E-state index < -0.39 is 0 Å². The van der Waals surface area contributed by atoms with Crippen molar-refractivity contribution in [1.82, 2.24) is 4.90 Å². The summed E-state index contributed by atoms with van der Waals surface area (Å²) < 4.78 is 5.29. The fourth-order valence-electron chi connectivity index (χ4n) is 1.87. The first-order valence-corrected chi connectivity index (χ1v) is 5.84. The maximum atomic E-state index is 8.82. The Morgan fingerprint density at radius 1 is 1.59 bits per heavy atom. The molecule has 1 aliphatic rings. The summed E-state index contributed by atoms with van der Waals surface area (Å²) in [5.74, 6) is 0. The number of hydrogen-bond acceptors (Lipinski definition) is 4.